The van der Waals surface area contributed by atoms with E-state index >= 15 is 0 Å². The number of carbonyl (C=O) groups excluding carboxylic acids is 2. The highest BCUT2D eigenvalue weighted by Gasteiger charge is 2.47. The van der Waals surface area contributed by atoms with Crippen LogP contribution in [-0.2, 0) is 35.1 Å². The molecule has 0 spiro atoms. The number of rotatable bonds is 10. The molecule has 1 aromatic carbocycles. The van der Waals surface area contributed by atoms with Gasteiger partial charge in [-0.15, -0.1) is 0 Å². The predicted octanol–water partition coefficient (Wildman–Crippen LogP) is 1.71. The van der Waals surface area contributed by atoms with Gasteiger partial charge in [0.05, 0.1) is 6.61 Å². The SMILES string of the molecule is CCCC(=O)OC[C@H]1O[C@@H](OCc2ccccc2)[C@H](OC(=O)CCC)[C@@H](O)[C@H]1O. The third-order valence-corrected chi connectivity index (χ3v) is 4.49. The Morgan fingerprint density at radius 2 is 1.66 bits per heavy atom. The summed E-state index contributed by atoms with van der Waals surface area (Å²) in [6.45, 7) is 3.59. The molecule has 1 aliphatic rings. The lowest BCUT2D eigenvalue weighted by molar-refractivity contribution is -0.307. The summed E-state index contributed by atoms with van der Waals surface area (Å²) in [7, 11) is 0. The normalized spacial score (nSPS) is 26.7. The molecule has 0 unspecified atom stereocenters. The van der Waals surface area contributed by atoms with Gasteiger partial charge in [0.2, 0.25) is 0 Å². The van der Waals surface area contributed by atoms with Crippen LogP contribution in [0.25, 0.3) is 0 Å². The van der Waals surface area contributed by atoms with Gasteiger partial charge in [-0.1, -0.05) is 44.2 Å². The standard InChI is InChI=1S/C21H30O8/c1-3-8-16(22)26-13-15-18(24)19(25)20(29-17(23)9-4-2)21(28-15)27-12-14-10-6-5-7-11-14/h5-7,10-11,15,18-21,24-25H,3-4,8-9,12-13H2,1-2H3/t15-,18+,19+,20-,21-/m1/s1. The Balaban J connectivity index is 2.07. The molecule has 2 rings (SSSR count). The molecule has 1 fully saturated rings. The van der Waals surface area contributed by atoms with Crippen LogP contribution in [0, 0.1) is 0 Å². The van der Waals surface area contributed by atoms with Crippen molar-refractivity contribution >= 4 is 11.9 Å². The van der Waals surface area contributed by atoms with Crippen LogP contribution in [0.4, 0.5) is 0 Å². The number of aliphatic hydroxyl groups is 2. The van der Waals surface area contributed by atoms with E-state index in [2.05, 4.69) is 0 Å². The van der Waals surface area contributed by atoms with E-state index in [1.165, 1.54) is 0 Å². The number of hydrogen-bond acceptors (Lipinski definition) is 8. The van der Waals surface area contributed by atoms with E-state index < -0.39 is 42.6 Å². The van der Waals surface area contributed by atoms with E-state index in [0.29, 0.717) is 12.8 Å². The van der Waals surface area contributed by atoms with Crippen LogP contribution in [0.1, 0.15) is 45.1 Å². The molecule has 0 saturated carbocycles. The first kappa shape index (κ1) is 23.3. The number of aliphatic hydroxyl groups excluding tert-OH is 2. The molecule has 1 saturated heterocycles. The minimum atomic E-state index is -1.44. The molecule has 0 bridgehead atoms. The zero-order chi connectivity index (χ0) is 21.2. The van der Waals surface area contributed by atoms with Gasteiger partial charge in [-0.25, -0.2) is 0 Å². The lowest BCUT2D eigenvalue weighted by atomic mass is 9.99. The van der Waals surface area contributed by atoms with E-state index in [-0.39, 0.29) is 26.1 Å². The molecule has 0 amide bonds. The topological polar surface area (TPSA) is 112 Å². The highest BCUT2D eigenvalue weighted by atomic mass is 16.7. The van der Waals surface area contributed by atoms with Crippen LogP contribution < -0.4 is 0 Å². The summed E-state index contributed by atoms with van der Waals surface area (Å²) in [6, 6.07) is 9.30. The van der Waals surface area contributed by atoms with Gasteiger partial charge in [-0.05, 0) is 18.4 Å². The van der Waals surface area contributed by atoms with Gasteiger partial charge in [-0.3, -0.25) is 9.59 Å². The molecule has 2 N–H and O–H groups in total. The Labute approximate surface area is 170 Å². The highest BCUT2D eigenvalue weighted by molar-refractivity contribution is 5.69. The second kappa shape index (κ2) is 11.9. The van der Waals surface area contributed by atoms with Gasteiger partial charge in [0.25, 0.3) is 0 Å². The third-order valence-electron chi connectivity index (χ3n) is 4.49. The van der Waals surface area contributed by atoms with Crippen molar-refractivity contribution in [1.82, 2.24) is 0 Å². The van der Waals surface area contributed by atoms with E-state index in [0.717, 1.165) is 5.56 Å². The average molecular weight is 410 g/mol. The summed E-state index contributed by atoms with van der Waals surface area (Å²) >= 11 is 0. The Kier molecular flexibility index (Phi) is 9.53. The van der Waals surface area contributed by atoms with Crippen molar-refractivity contribution in [3.05, 3.63) is 35.9 Å². The first-order valence-corrected chi connectivity index (χ1v) is 9.98. The molecule has 8 heteroatoms. The van der Waals surface area contributed by atoms with Gasteiger partial charge in [0.15, 0.2) is 12.4 Å². The third kappa shape index (κ3) is 7.08. The molecular formula is C21H30O8. The van der Waals surface area contributed by atoms with Crippen LogP contribution in [0.15, 0.2) is 30.3 Å². The highest BCUT2D eigenvalue weighted by Crippen LogP contribution is 2.26. The molecule has 5 atom stereocenters. The van der Waals surface area contributed by atoms with E-state index in [4.69, 9.17) is 18.9 Å². The summed E-state index contributed by atoms with van der Waals surface area (Å²) in [5, 5.41) is 20.9. The zero-order valence-corrected chi connectivity index (χ0v) is 16.9. The smallest absolute Gasteiger partial charge is 0.306 e. The average Bonchev–Trinajstić information content (AvgIpc) is 2.71. The van der Waals surface area contributed by atoms with E-state index in [1.807, 2.05) is 44.2 Å². The fraction of sp³-hybridized carbons (Fsp3) is 0.619. The van der Waals surface area contributed by atoms with Crippen LogP contribution in [0.3, 0.4) is 0 Å². The Hall–Kier alpha value is -2.00. The summed E-state index contributed by atoms with van der Waals surface area (Å²) < 4.78 is 21.9. The van der Waals surface area contributed by atoms with E-state index in [9.17, 15) is 19.8 Å². The summed E-state index contributed by atoms with van der Waals surface area (Å²) in [5.74, 6) is -0.940. The molecule has 1 aromatic rings. The van der Waals surface area contributed by atoms with Crippen LogP contribution in [-0.4, -0.2) is 59.5 Å². The first-order chi connectivity index (χ1) is 14.0. The van der Waals surface area contributed by atoms with Crippen molar-refractivity contribution in [3.63, 3.8) is 0 Å². The second-order valence-corrected chi connectivity index (χ2v) is 6.96. The monoisotopic (exact) mass is 410 g/mol. The summed E-state index contributed by atoms with van der Waals surface area (Å²) in [5.41, 5.74) is 0.862. The van der Waals surface area contributed by atoms with Crippen molar-refractivity contribution in [2.24, 2.45) is 0 Å². The van der Waals surface area contributed by atoms with Gasteiger partial charge in [-0.2, -0.15) is 0 Å². The van der Waals surface area contributed by atoms with Crippen molar-refractivity contribution in [2.45, 2.75) is 76.8 Å². The number of ether oxygens (including phenoxy) is 4. The van der Waals surface area contributed by atoms with Gasteiger partial charge in [0.1, 0.15) is 24.9 Å². The molecule has 162 valence electrons. The number of carbonyl (C=O) groups is 2. The maximum absolute atomic E-state index is 12.0. The molecule has 0 radical (unpaired) electrons. The molecule has 8 nitrogen and oxygen atoms in total. The minimum Gasteiger partial charge on any atom is -0.463 e. The zero-order valence-electron chi connectivity index (χ0n) is 16.9. The Morgan fingerprint density at radius 3 is 2.31 bits per heavy atom. The van der Waals surface area contributed by atoms with Crippen molar-refractivity contribution in [2.75, 3.05) is 6.61 Å². The minimum absolute atomic E-state index is 0.151. The summed E-state index contributed by atoms with van der Waals surface area (Å²) in [6.07, 6.45) is -4.54. The molecule has 0 aromatic heterocycles. The maximum atomic E-state index is 12.0. The van der Waals surface area contributed by atoms with Crippen molar-refractivity contribution < 1.29 is 38.7 Å². The number of benzene rings is 1. The molecular weight excluding hydrogens is 380 g/mol. The van der Waals surface area contributed by atoms with Gasteiger partial charge < -0.3 is 29.2 Å². The van der Waals surface area contributed by atoms with Crippen molar-refractivity contribution in [3.8, 4) is 0 Å². The van der Waals surface area contributed by atoms with Crippen LogP contribution >= 0.6 is 0 Å². The molecule has 29 heavy (non-hydrogen) atoms. The number of esters is 2. The van der Waals surface area contributed by atoms with Gasteiger partial charge >= 0.3 is 11.9 Å². The quantitative estimate of drug-likeness (QED) is 0.561. The predicted molar refractivity (Wildman–Crippen MR) is 103 cm³/mol. The molecule has 1 heterocycles. The lowest BCUT2D eigenvalue weighted by Crippen LogP contribution is -2.60. The fourth-order valence-corrected chi connectivity index (χ4v) is 2.92. The lowest BCUT2D eigenvalue weighted by Gasteiger charge is -2.41. The van der Waals surface area contributed by atoms with E-state index in [1.54, 1.807) is 0 Å². The number of hydrogen-bond donors (Lipinski definition) is 2. The molecule has 0 aliphatic carbocycles. The second-order valence-electron chi connectivity index (χ2n) is 6.96. The van der Waals surface area contributed by atoms with Gasteiger partial charge in [0, 0.05) is 12.8 Å². The first-order valence-electron chi connectivity index (χ1n) is 9.98. The van der Waals surface area contributed by atoms with Crippen molar-refractivity contribution in [1.29, 1.82) is 0 Å². The Morgan fingerprint density at radius 1 is 1.00 bits per heavy atom. The fourth-order valence-electron chi connectivity index (χ4n) is 2.92. The van der Waals surface area contributed by atoms with Crippen LogP contribution in [0.5, 0.6) is 0 Å². The largest absolute Gasteiger partial charge is 0.463 e. The summed E-state index contributed by atoms with van der Waals surface area (Å²) in [4.78, 5) is 23.6. The van der Waals surface area contributed by atoms with Crippen LogP contribution in [0.2, 0.25) is 0 Å². The maximum Gasteiger partial charge on any atom is 0.306 e. The Bertz CT molecular complexity index is 633. The molecule has 1 aliphatic heterocycles.